The van der Waals surface area contributed by atoms with Gasteiger partial charge in [-0.2, -0.15) is 0 Å². The van der Waals surface area contributed by atoms with Crippen molar-refractivity contribution in [3.8, 4) is 5.88 Å². The normalized spacial score (nSPS) is 23.2. The van der Waals surface area contributed by atoms with Crippen molar-refractivity contribution in [1.82, 2.24) is 19.5 Å². The Hall–Kier alpha value is -3.30. The lowest BCUT2D eigenvalue weighted by Gasteiger charge is -2.19. The van der Waals surface area contributed by atoms with Crippen LogP contribution in [0.4, 0.5) is 10.2 Å². The van der Waals surface area contributed by atoms with Crippen LogP contribution in [0.25, 0.3) is 21.9 Å². The van der Waals surface area contributed by atoms with Gasteiger partial charge in [-0.25, -0.2) is 19.3 Å². The van der Waals surface area contributed by atoms with Crippen LogP contribution in [-0.2, 0) is 6.42 Å². The van der Waals surface area contributed by atoms with E-state index in [1.807, 2.05) is 35.0 Å². The summed E-state index contributed by atoms with van der Waals surface area (Å²) in [6.45, 7) is 0. The van der Waals surface area contributed by atoms with Gasteiger partial charge in [-0.1, -0.05) is 12.1 Å². The number of aromatic nitrogens is 4. The average Bonchev–Trinajstić information content (AvgIpc) is 3.34. The summed E-state index contributed by atoms with van der Waals surface area (Å²) >= 11 is 0. The summed E-state index contributed by atoms with van der Waals surface area (Å²) in [6.07, 6.45) is 3.53. The Kier molecular flexibility index (Phi) is 5.15. The number of halogens is 1. The van der Waals surface area contributed by atoms with Crippen LogP contribution in [-0.4, -0.2) is 49.0 Å². The van der Waals surface area contributed by atoms with Crippen LogP contribution in [0.5, 0.6) is 5.88 Å². The molecule has 1 saturated carbocycles. The second-order valence-corrected chi connectivity index (χ2v) is 8.31. The smallest absolute Gasteiger partial charge is 0.225 e. The van der Waals surface area contributed by atoms with Gasteiger partial charge in [-0.05, 0) is 48.9 Å². The molecular weight excluding hydrogens is 413 g/mol. The molecule has 0 aliphatic heterocycles. The largest absolute Gasteiger partial charge is 0.480 e. The van der Waals surface area contributed by atoms with Gasteiger partial charge in [0.05, 0.1) is 30.2 Å². The average molecular weight is 437 g/mol. The van der Waals surface area contributed by atoms with Crippen molar-refractivity contribution in [1.29, 1.82) is 0 Å². The predicted molar refractivity (Wildman–Crippen MR) is 118 cm³/mol. The van der Waals surface area contributed by atoms with E-state index < -0.39 is 18.0 Å². The number of methoxy groups -OCH3 is 1. The molecule has 9 heteroatoms. The second-order valence-electron chi connectivity index (χ2n) is 8.31. The van der Waals surface area contributed by atoms with Crippen LogP contribution in [0.15, 0.2) is 42.9 Å². The topological polar surface area (TPSA) is 119 Å². The standard InChI is InChI=1S/C23H24FN5O3/c1-32-23-15-6-7-29(22(15)26-11-27-23)18-10-14(19(30)20(18)31)5-3-12-2-4-13-9-16(24)21(25)28-17(13)8-12/h2,4,6-9,11,14,18-20,30-31H,3,5,10H2,1H3,(H2,25,28)/t14-,18+,19+,20-/m0/s1. The van der Waals surface area contributed by atoms with E-state index in [4.69, 9.17) is 10.5 Å². The van der Waals surface area contributed by atoms with Crippen molar-refractivity contribution >= 4 is 27.8 Å². The molecule has 3 aromatic heterocycles. The number of benzene rings is 1. The molecule has 4 atom stereocenters. The molecular formula is C23H24FN5O3. The number of pyridine rings is 1. The number of hydrogen-bond acceptors (Lipinski definition) is 7. The molecule has 4 N–H and O–H groups in total. The van der Waals surface area contributed by atoms with Crippen LogP contribution in [0.3, 0.4) is 0 Å². The van der Waals surface area contributed by atoms with Crippen molar-refractivity contribution in [2.45, 2.75) is 37.5 Å². The van der Waals surface area contributed by atoms with Gasteiger partial charge in [-0.3, -0.25) is 0 Å². The fourth-order valence-electron chi connectivity index (χ4n) is 4.75. The molecule has 0 spiro atoms. The zero-order valence-corrected chi connectivity index (χ0v) is 17.5. The van der Waals surface area contributed by atoms with Gasteiger partial charge in [0.15, 0.2) is 11.6 Å². The van der Waals surface area contributed by atoms with E-state index >= 15 is 0 Å². The van der Waals surface area contributed by atoms with Crippen LogP contribution < -0.4 is 10.5 Å². The minimum atomic E-state index is -0.905. The first kappa shape index (κ1) is 20.6. The van der Waals surface area contributed by atoms with Gasteiger partial charge in [0.2, 0.25) is 5.88 Å². The van der Waals surface area contributed by atoms with Crippen molar-refractivity contribution in [2.75, 3.05) is 12.8 Å². The Morgan fingerprint density at radius 3 is 2.84 bits per heavy atom. The van der Waals surface area contributed by atoms with Gasteiger partial charge in [-0.15, -0.1) is 0 Å². The van der Waals surface area contributed by atoms with Crippen molar-refractivity contribution in [3.63, 3.8) is 0 Å². The summed E-state index contributed by atoms with van der Waals surface area (Å²) in [7, 11) is 1.55. The maximum atomic E-state index is 13.6. The number of ether oxygens (including phenoxy) is 1. The molecule has 0 radical (unpaired) electrons. The van der Waals surface area contributed by atoms with Gasteiger partial charge in [0.1, 0.15) is 18.1 Å². The van der Waals surface area contributed by atoms with Crippen LogP contribution in [0.2, 0.25) is 0 Å². The van der Waals surface area contributed by atoms with Gasteiger partial charge in [0.25, 0.3) is 0 Å². The highest BCUT2D eigenvalue weighted by Crippen LogP contribution is 2.40. The third-order valence-electron chi connectivity index (χ3n) is 6.46. The Morgan fingerprint density at radius 1 is 1.19 bits per heavy atom. The highest BCUT2D eigenvalue weighted by atomic mass is 19.1. The number of anilines is 1. The lowest BCUT2D eigenvalue weighted by Crippen LogP contribution is -2.29. The third-order valence-corrected chi connectivity index (χ3v) is 6.46. The van der Waals surface area contributed by atoms with E-state index in [1.54, 1.807) is 7.11 Å². The van der Waals surface area contributed by atoms with Crippen molar-refractivity contribution in [2.24, 2.45) is 5.92 Å². The summed E-state index contributed by atoms with van der Waals surface area (Å²) in [4.78, 5) is 12.6. The van der Waals surface area contributed by atoms with E-state index in [1.165, 1.54) is 12.4 Å². The maximum absolute atomic E-state index is 13.6. The minimum Gasteiger partial charge on any atom is -0.480 e. The molecule has 0 bridgehead atoms. The number of nitrogens with zero attached hydrogens (tertiary/aromatic N) is 4. The molecule has 8 nitrogen and oxygen atoms in total. The zero-order chi connectivity index (χ0) is 22.4. The van der Waals surface area contributed by atoms with E-state index in [0.717, 1.165) is 10.9 Å². The number of fused-ring (bicyclic) bond motifs is 2. The fourth-order valence-corrected chi connectivity index (χ4v) is 4.75. The molecule has 1 aliphatic rings. The first-order chi connectivity index (χ1) is 15.5. The monoisotopic (exact) mass is 437 g/mol. The van der Waals surface area contributed by atoms with Crippen LogP contribution in [0, 0.1) is 11.7 Å². The van der Waals surface area contributed by atoms with Crippen molar-refractivity contribution in [3.05, 3.63) is 54.2 Å². The minimum absolute atomic E-state index is 0.0851. The number of rotatable bonds is 5. The highest BCUT2D eigenvalue weighted by molar-refractivity contribution is 5.82. The molecule has 0 unspecified atom stereocenters. The number of aliphatic hydroxyl groups excluding tert-OH is 2. The molecule has 32 heavy (non-hydrogen) atoms. The Balaban J connectivity index is 1.34. The number of nitrogens with two attached hydrogens (primary N) is 1. The fraction of sp³-hybridized carbons (Fsp3) is 0.348. The predicted octanol–water partition coefficient (Wildman–Crippen LogP) is 2.63. The first-order valence-electron chi connectivity index (χ1n) is 10.5. The van der Waals surface area contributed by atoms with E-state index in [9.17, 15) is 14.6 Å². The molecule has 0 saturated heterocycles. The molecule has 1 aromatic carbocycles. The Bertz CT molecular complexity index is 1290. The Morgan fingerprint density at radius 2 is 2.03 bits per heavy atom. The van der Waals surface area contributed by atoms with Crippen LogP contribution >= 0.6 is 0 Å². The van der Waals surface area contributed by atoms with E-state index in [0.29, 0.717) is 41.7 Å². The third kappa shape index (κ3) is 3.43. The summed E-state index contributed by atoms with van der Waals surface area (Å²) in [6, 6.07) is 8.58. The van der Waals surface area contributed by atoms with Crippen LogP contribution in [0.1, 0.15) is 24.4 Å². The number of nitrogen functional groups attached to an aromatic ring is 1. The first-order valence-corrected chi connectivity index (χ1v) is 10.5. The molecule has 1 fully saturated rings. The molecule has 166 valence electrons. The highest BCUT2D eigenvalue weighted by Gasteiger charge is 2.42. The molecule has 3 heterocycles. The summed E-state index contributed by atoms with van der Waals surface area (Å²) < 4.78 is 20.8. The molecule has 0 amide bonds. The summed E-state index contributed by atoms with van der Waals surface area (Å²) in [5.41, 5.74) is 7.92. The zero-order valence-electron chi connectivity index (χ0n) is 17.5. The molecule has 5 rings (SSSR count). The second kappa shape index (κ2) is 7.99. The SMILES string of the molecule is COc1ncnc2c1ccn2[C@@H]1C[C@H](CCc2ccc3cc(F)c(N)nc3c2)[C@@H](O)[C@H]1O. The lowest BCUT2D eigenvalue weighted by molar-refractivity contribution is 0.00545. The number of aliphatic hydroxyl groups is 2. The van der Waals surface area contributed by atoms with Gasteiger partial charge in [0, 0.05) is 11.6 Å². The van der Waals surface area contributed by atoms with Gasteiger partial charge >= 0.3 is 0 Å². The maximum Gasteiger partial charge on any atom is 0.225 e. The molecule has 4 aromatic rings. The number of aryl methyl sites for hydroxylation is 1. The van der Waals surface area contributed by atoms with E-state index in [-0.39, 0.29) is 17.8 Å². The van der Waals surface area contributed by atoms with E-state index in [2.05, 4.69) is 15.0 Å². The number of hydrogen-bond donors (Lipinski definition) is 3. The van der Waals surface area contributed by atoms with Crippen molar-refractivity contribution < 1.29 is 19.3 Å². The Labute approximate surface area is 183 Å². The quantitative estimate of drug-likeness (QED) is 0.439. The van der Waals surface area contributed by atoms with Gasteiger partial charge < -0.3 is 25.3 Å². The summed E-state index contributed by atoms with van der Waals surface area (Å²) in [5.74, 6) is -0.257. The molecule has 1 aliphatic carbocycles. The lowest BCUT2D eigenvalue weighted by atomic mass is 9.95. The summed E-state index contributed by atoms with van der Waals surface area (Å²) in [5, 5.41) is 23.0.